The predicted molar refractivity (Wildman–Crippen MR) is 70.2 cm³/mol. The van der Waals surface area contributed by atoms with Gasteiger partial charge in [-0.3, -0.25) is 10.4 Å². The lowest BCUT2D eigenvalue weighted by atomic mass is 9.96. The molecule has 4 N–H and O–H groups in total. The number of aliphatic imine (C=N–C) groups is 1. The van der Waals surface area contributed by atoms with Crippen LogP contribution in [-0.2, 0) is 9.47 Å². The molecular weight excluding hydrogens is 232 g/mol. The molecule has 0 radical (unpaired) electrons. The maximum absolute atomic E-state index is 5.78. The summed E-state index contributed by atoms with van der Waals surface area (Å²) in [6, 6.07) is 0.352. The standard InChI is InChI=1S/C12H24N4O2/c1-2-17-7-3-6-14-12(16-13)15-10-8-9-4-5-11(10)18-9/h9-11H,2-8,13H2,1H3,(H2,14,15,16). The first kappa shape index (κ1) is 13.6. The molecule has 0 aromatic carbocycles. The molecule has 0 spiro atoms. The van der Waals surface area contributed by atoms with Crippen LogP contribution in [-0.4, -0.2) is 44.0 Å². The van der Waals surface area contributed by atoms with E-state index in [0.29, 0.717) is 30.8 Å². The van der Waals surface area contributed by atoms with Crippen LogP contribution in [0, 0.1) is 0 Å². The van der Waals surface area contributed by atoms with Gasteiger partial charge in [0.2, 0.25) is 5.96 Å². The average Bonchev–Trinajstić information content (AvgIpc) is 2.99. The molecule has 2 bridgehead atoms. The molecule has 3 atom stereocenters. The third kappa shape index (κ3) is 3.57. The molecule has 0 amide bonds. The average molecular weight is 256 g/mol. The Morgan fingerprint density at radius 1 is 1.50 bits per heavy atom. The maximum atomic E-state index is 5.78. The van der Waals surface area contributed by atoms with Crippen LogP contribution in [0.4, 0.5) is 0 Å². The van der Waals surface area contributed by atoms with Crippen molar-refractivity contribution in [3.8, 4) is 0 Å². The minimum atomic E-state index is 0.331. The normalized spacial score (nSPS) is 30.8. The van der Waals surface area contributed by atoms with E-state index in [4.69, 9.17) is 15.3 Å². The fourth-order valence-electron chi connectivity index (χ4n) is 2.60. The van der Waals surface area contributed by atoms with Gasteiger partial charge in [-0.05, 0) is 32.6 Å². The van der Waals surface area contributed by atoms with Crippen molar-refractivity contribution in [1.29, 1.82) is 0 Å². The van der Waals surface area contributed by atoms with Crippen molar-refractivity contribution in [2.45, 2.75) is 50.9 Å². The lowest BCUT2D eigenvalue weighted by molar-refractivity contribution is 0.0992. The van der Waals surface area contributed by atoms with Gasteiger partial charge < -0.3 is 14.8 Å². The van der Waals surface area contributed by atoms with Crippen LogP contribution < -0.4 is 16.6 Å². The Bertz CT molecular complexity index is 285. The number of hydrogen-bond donors (Lipinski definition) is 3. The predicted octanol–water partition coefficient (Wildman–Crippen LogP) is 0.142. The molecule has 2 aliphatic rings. The van der Waals surface area contributed by atoms with Crippen molar-refractivity contribution in [2.24, 2.45) is 10.8 Å². The number of rotatable bonds is 6. The smallest absolute Gasteiger partial charge is 0.206 e. The van der Waals surface area contributed by atoms with Gasteiger partial charge in [0.05, 0.1) is 18.2 Å². The van der Waals surface area contributed by atoms with Crippen molar-refractivity contribution in [2.75, 3.05) is 19.8 Å². The number of nitrogens with two attached hydrogens (primary N) is 1. The number of nitrogens with one attached hydrogen (secondary N) is 2. The maximum Gasteiger partial charge on any atom is 0.206 e. The fraction of sp³-hybridized carbons (Fsp3) is 0.917. The molecule has 2 aliphatic heterocycles. The molecule has 104 valence electrons. The Kier molecular flexibility index (Phi) is 5.22. The van der Waals surface area contributed by atoms with Gasteiger partial charge in [0, 0.05) is 19.8 Å². The Balaban J connectivity index is 1.70. The van der Waals surface area contributed by atoms with Gasteiger partial charge in [-0.1, -0.05) is 0 Å². The van der Waals surface area contributed by atoms with Gasteiger partial charge >= 0.3 is 0 Å². The van der Waals surface area contributed by atoms with Crippen LogP contribution in [0.25, 0.3) is 0 Å². The number of nitrogens with zero attached hydrogens (tertiary/aromatic N) is 1. The Labute approximate surface area is 108 Å². The summed E-state index contributed by atoms with van der Waals surface area (Å²) in [6.45, 7) is 4.21. The summed E-state index contributed by atoms with van der Waals surface area (Å²) in [5.74, 6) is 6.13. The van der Waals surface area contributed by atoms with Crippen molar-refractivity contribution in [3.63, 3.8) is 0 Å². The van der Waals surface area contributed by atoms with Crippen LogP contribution in [0.3, 0.4) is 0 Å². The number of ether oxygens (including phenoxy) is 2. The summed E-state index contributed by atoms with van der Waals surface area (Å²) < 4.78 is 11.0. The van der Waals surface area contributed by atoms with E-state index in [1.807, 2.05) is 6.92 Å². The first-order valence-electron chi connectivity index (χ1n) is 6.84. The quantitative estimate of drug-likeness (QED) is 0.207. The molecule has 0 saturated carbocycles. The Hall–Kier alpha value is -0.850. The minimum absolute atomic E-state index is 0.331. The van der Waals surface area contributed by atoms with E-state index in [-0.39, 0.29) is 0 Å². The van der Waals surface area contributed by atoms with Crippen molar-refractivity contribution < 1.29 is 9.47 Å². The number of hydrogen-bond acceptors (Lipinski definition) is 4. The summed E-state index contributed by atoms with van der Waals surface area (Å²) in [5.41, 5.74) is 2.62. The Morgan fingerprint density at radius 2 is 2.39 bits per heavy atom. The van der Waals surface area contributed by atoms with Gasteiger partial charge in [0.25, 0.3) is 0 Å². The fourth-order valence-corrected chi connectivity index (χ4v) is 2.60. The van der Waals surface area contributed by atoms with Gasteiger partial charge in [-0.25, -0.2) is 5.84 Å². The van der Waals surface area contributed by atoms with E-state index in [0.717, 1.165) is 32.5 Å². The lowest BCUT2D eigenvalue weighted by Crippen LogP contribution is -2.49. The zero-order valence-electron chi connectivity index (χ0n) is 11.0. The van der Waals surface area contributed by atoms with Gasteiger partial charge in [-0.15, -0.1) is 0 Å². The largest absolute Gasteiger partial charge is 0.382 e. The molecule has 0 aromatic heterocycles. The van der Waals surface area contributed by atoms with Gasteiger partial charge in [-0.2, -0.15) is 0 Å². The molecule has 6 nitrogen and oxygen atoms in total. The molecule has 2 saturated heterocycles. The van der Waals surface area contributed by atoms with E-state index < -0.39 is 0 Å². The number of guanidine groups is 1. The van der Waals surface area contributed by atoms with Crippen LogP contribution in [0.2, 0.25) is 0 Å². The third-order valence-corrected chi connectivity index (χ3v) is 3.49. The van der Waals surface area contributed by atoms with Crippen LogP contribution in [0.15, 0.2) is 4.99 Å². The SMILES string of the molecule is CCOCCCN=C(NN)NC1CC2CCC1O2. The monoisotopic (exact) mass is 256 g/mol. The minimum Gasteiger partial charge on any atom is -0.382 e. The summed E-state index contributed by atoms with van der Waals surface area (Å²) in [4.78, 5) is 4.39. The van der Waals surface area contributed by atoms with Gasteiger partial charge in [0.15, 0.2) is 0 Å². The molecule has 2 fully saturated rings. The number of hydrazine groups is 1. The highest BCUT2D eigenvalue weighted by Crippen LogP contribution is 2.34. The molecule has 0 aliphatic carbocycles. The van der Waals surface area contributed by atoms with E-state index in [9.17, 15) is 0 Å². The highest BCUT2D eigenvalue weighted by atomic mass is 16.5. The van der Waals surface area contributed by atoms with E-state index in [1.54, 1.807) is 0 Å². The molecule has 18 heavy (non-hydrogen) atoms. The lowest BCUT2D eigenvalue weighted by Gasteiger charge is -2.21. The molecule has 0 aromatic rings. The van der Waals surface area contributed by atoms with E-state index in [1.165, 1.54) is 6.42 Å². The van der Waals surface area contributed by atoms with E-state index in [2.05, 4.69) is 15.7 Å². The topological polar surface area (TPSA) is 80.9 Å². The first-order chi connectivity index (χ1) is 8.83. The van der Waals surface area contributed by atoms with Crippen molar-refractivity contribution >= 4 is 5.96 Å². The van der Waals surface area contributed by atoms with Gasteiger partial charge in [0.1, 0.15) is 0 Å². The highest BCUT2D eigenvalue weighted by Gasteiger charge is 2.41. The summed E-state index contributed by atoms with van der Waals surface area (Å²) >= 11 is 0. The van der Waals surface area contributed by atoms with Crippen molar-refractivity contribution in [1.82, 2.24) is 10.7 Å². The second-order valence-electron chi connectivity index (χ2n) is 4.79. The summed E-state index contributed by atoms with van der Waals surface area (Å²) in [6.07, 6.45) is 5.07. The van der Waals surface area contributed by atoms with E-state index >= 15 is 0 Å². The molecule has 3 unspecified atom stereocenters. The Morgan fingerprint density at radius 3 is 3.00 bits per heavy atom. The van der Waals surface area contributed by atoms with Crippen LogP contribution in [0.5, 0.6) is 0 Å². The zero-order chi connectivity index (χ0) is 12.8. The molecular formula is C12H24N4O2. The highest BCUT2D eigenvalue weighted by molar-refractivity contribution is 5.79. The summed E-state index contributed by atoms with van der Waals surface area (Å²) in [7, 11) is 0. The molecule has 2 rings (SSSR count). The van der Waals surface area contributed by atoms with Crippen LogP contribution in [0.1, 0.15) is 32.6 Å². The molecule has 2 heterocycles. The molecule has 6 heteroatoms. The second-order valence-corrected chi connectivity index (χ2v) is 4.79. The third-order valence-electron chi connectivity index (χ3n) is 3.49. The zero-order valence-corrected chi connectivity index (χ0v) is 11.0. The van der Waals surface area contributed by atoms with Crippen LogP contribution >= 0.6 is 0 Å². The first-order valence-corrected chi connectivity index (χ1v) is 6.84. The summed E-state index contributed by atoms with van der Waals surface area (Å²) in [5, 5.41) is 3.34. The second kappa shape index (κ2) is 6.92. The van der Waals surface area contributed by atoms with Crippen molar-refractivity contribution in [3.05, 3.63) is 0 Å². The number of fused-ring (bicyclic) bond motifs is 2.